The normalized spacial score (nSPS) is 22.3. The largest absolute Gasteiger partial charge is 0.388 e. The lowest BCUT2D eigenvalue weighted by molar-refractivity contribution is 0.102. The van der Waals surface area contributed by atoms with Crippen LogP contribution in [0.2, 0.25) is 0 Å². The number of aromatic nitrogens is 4. The zero-order chi connectivity index (χ0) is 45.1. The number of ketones is 1. The van der Waals surface area contributed by atoms with Crippen LogP contribution in [0.1, 0.15) is 127 Å². The molecule has 0 saturated carbocycles. The molecule has 2 aliphatic carbocycles. The molecule has 4 aliphatic rings. The Bertz CT molecular complexity index is 3020. The van der Waals surface area contributed by atoms with Crippen LogP contribution in [0, 0.1) is 0 Å². The fourth-order valence-corrected chi connectivity index (χ4v) is 12.4. The lowest BCUT2D eigenvalue weighted by Gasteiger charge is -2.27. The molecule has 332 valence electrons. The first kappa shape index (κ1) is 40.9. The lowest BCUT2D eigenvalue weighted by Crippen LogP contribution is -2.31. The van der Waals surface area contributed by atoms with Crippen LogP contribution in [0.15, 0.2) is 134 Å². The summed E-state index contributed by atoms with van der Waals surface area (Å²) in [6.45, 7) is 11.8. The SMILES string of the molecule is CC(C)c1ccccc1-c1ccc2c(c1)C(O)CC21CCN(c2nc(C(=O)c3cc4cccn4c(N4CCC5(CC(O)c6cc(-c7ccccc7C(C)C)ccc65)C4)n3)cc3cccn23)C1. The maximum Gasteiger partial charge on any atom is 0.230 e. The summed E-state index contributed by atoms with van der Waals surface area (Å²) < 4.78 is 4.15. The van der Waals surface area contributed by atoms with Crippen molar-refractivity contribution in [1.82, 2.24) is 18.8 Å². The topological polar surface area (TPSA) is 98.6 Å². The summed E-state index contributed by atoms with van der Waals surface area (Å²) in [5, 5.41) is 23.3. The number of carbonyl (C=O) groups is 1. The molecule has 12 rings (SSSR count). The Morgan fingerprint density at radius 3 is 1.45 bits per heavy atom. The summed E-state index contributed by atoms with van der Waals surface area (Å²) in [5.74, 6) is 2.01. The van der Waals surface area contributed by atoms with E-state index in [0.29, 0.717) is 49.2 Å². The molecule has 66 heavy (non-hydrogen) atoms. The van der Waals surface area contributed by atoms with Gasteiger partial charge >= 0.3 is 0 Å². The molecule has 2 aliphatic heterocycles. The van der Waals surface area contributed by atoms with Crippen molar-refractivity contribution in [2.45, 2.75) is 88.3 Å². The van der Waals surface area contributed by atoms with Gasteiger partial charge in [-0.2, -0.15) is 0 Å². The molecule has 9 nitrogen and oxygen atoms in total. The van der Waals surface area contributed by atoms with Crippen molar-refractivity contribution in [1.29, 1.82) is 0 Å². The van der Waals surface area contributed by atoms with Gasteiger partial charge in [-0.05, 0) is 142 Å². The van der Waals surface area contributed by atoms with Crippen LogP contribution in [0.4, 0.5) is 11.9 Å². The highest BCUT2D eigenvalue weighted by molar-refractivity contribution is 6.08. The van der Waals surface area contributed by atoms with E-state index in [4.69, 9.17) is 9.97 Å². The molecule has 2 N–H and O–H groups in total. The van der Waals surface area contributed by atoms with Crippen LogP contribution in [-0.2, 0) is 10.8 Å². The molecule has 2 fully saturated rings. The van der Waals surface area contributed by atoms with E-state index in [9.17, 15) is 15.0 Å². The second kappa shape index (κ2) is 15.3. The second-order valence-electron chi connectivity index (χ2n) is 20.2. The van der Waals surface area contributed by atoms with E-state index in [1.807, 2.05) is 48.8 Å². The van der Waals surface area contributed by atoms with Gasteiger partial charge in [0.1, 0.15) is 11.4 Å². The van der Waals surface area contributed by atoms with Gasteiger partial charge in [-0.15, -0.1) is 0 Å². The van der Waals surface area contributed by atoms with Crippen LogP contribution >= 0.6 is 0 Å². The van der Waals surface area contributed by atoms with Gasteiger partial charge in [0.15, 0.2) is 0 Å². The summed E-state index contributed by atoms with van der Waals surface area (Å²) in [4.78, 5) is 29.7. The van der Waals surface area contributed by atoms with Crippen molar-refractivity contribution in [3.05, 3.63) is 178 Å². The van der Waals surface area contributed by atoms with Gasteiger partial charge in [0.05, 0.1) is 23.2 Å². The van der Waals surface area contributed by atoms with Gasteiger partial charge in [-0.1, -0.05) is 100 Å². The second-order valence-corrected chi connectivity index (χ2v) is 20.2. The molecular weight excluding hydrogens is 817 g/mol. The highest BCUT2D eigenvalue weighted by Crippen LogP contribution is 2.53. The number of benzene rings is 4. The van der Waals surface area contributed by atoms with E-state index in [0.717, 1.165) is 71.1 Å². The predicted octanol–water partition coefficient (Wildman–Crippen LogP) is 11.0. The molecule has 0 bridgehead atoms. The Hall–Kier alpha value is -6.55. The molecular formula is C57H56N6O3. The Balaban J connectivity index is 0.840. The number of carbonyl (C=O) groups excluding carboxylic acids is 1. The average molecular weight is 873 g/mol. The molecule has 6 heterocycles. The fourth-order valence-electron chi connectivity index (χ4n) is 12.4. The maximum absolute atomic E-state index is 14.8. The van der Waals surface area contributed by atoms with Gasteiger partial charge in [-0.3, -0.25) is 13.6 Å². The molecule has 2 saturated heterocycles. The lowest BCUT2D eigenvalue weighted by atomic mass is 9.80. The van der Waals surface area contributed by atoms with Gasteiger partial charge in [-0.25, -0.2) is 9.97 Å². The summed E-state index contributed by atoms with van der Waals surface area (Å²) >= 11 is 0. The van der Waals surface area contributed by atoms with Crippen molar-refractivity contribution in [3.8, 4) is 22.3 Å². The number of rotatable bonds is 8. The molecule has 0 radical (unpaired) electrons. The van der Waals surface area contributed by atoms with Gasteiger partial charge in [0.2, 0.25) is 17.7 Å². The highest BCUT2D eigenvalue weighted by Gasteiger charge is 2.50. The summed E-state index contributed by atoms with van der Waals surface area (Å²) in [7, 11) is 0. The first-order valence-electron chi connectivity index (χ1n) is 23.8. The van der Waals surface area contributed by atoms with Crippen LogP contribution in [0.25, 0.3) is 33.3 Å². The van der Waals surface area contributed by atoms with Crippen molar-refractivity contribution in [3.63, 3.8) is 0 Å². The molecule has 9 heteroatoms. The number of aliphatic hydroxyl groups excluding tert-OH is 2. The molecule has 4 atom stereocenters. The molecule has 0 amide bonds. The quantitative estimate of drug-likeness (QED) is 0.147. The average Bonchev–Trinajstić information content (AvgIpc) is 4.21. The number of nitrogens with zero attached hydrogens (tertiary/aromatic N) is 6. The number of aliphatic hydroxyl groups is 2. The number of hydrogen-bond donors (Lipinski definition) is 2. The first-order valence-corrected chi connectivity index (χ1v) is 23.8. The molecule has 4 aromatic carbocycles. The van der Waals surface area contributed by atoms with Gasteiger partial charge in [0, 0.05) is 49.4 Å². The monoisotopic (exact) mass is 872 g/mol. The molecule has 2 spiro atoms. The molecule has 4 aromatic heterocycles. The van der Waals surface area contributed by atoms with E-state index in [1.54, 1.807) is 0 Å². The van der Waals surface area contributed by atoms with E-state index in [-0.39, 0.29) is 16.6 Å². The van der Waals surface area contributed by atoms with E-state index in [1.165, 1.54) is 33.4 Å². The number of anilines is 2. The van der Waals surface area contributed by atoms with Gasteiger partial charge < -0.3 is 20.0 Å². The maximum atomic E-state index is 14.8. The Kier molecular flexibility index (Phi) is 9.46. The van der Waals surface area contributed by atoms with Crippen molar-refractivity contribution < 1.29 is 15.0 Å². The van der Waals surface area contributed by atoms with E-state index < -0.39 is 12.2 Å². The minimum atomic E-state index is -0.549. The van der Waals surface area contributed by atoms with Crippen molar-refractivity contribution in [2.24, 2.45) is 0 Å². The number of fused-ring (bicyclic) bond motifs is 6. The van der Waals surface area contributed by atoms with Crippen molar-refractivity contribution in [2.75, 3.05) is 36.0 Å². The third-order valence-corrected chi connectivity index (χ3v) is 15.7. The fraction of sp³-hybridized carbons (Fsp3) is 0.316. The third-order valence-electron chi connectivity index (χ3n) is 15.7. The minimum Gasteiger partial charge on any atom is -0.388 e. The Morgan fingerprint density at radius 2 is 1.02 bits per heavy atom. The third kappa shape index (κ3) is 6.38. The van der Waals surface area contributed by atoms with E-state index >= 15 is 0 Å². The Morgan fingerprint density at radius 1 is 0.576 bits per heavy atom. The standard InChI is InChI=1S/C57H56N6O3/c1-35(2)41-13-5-7-15-43(41)37-17-19-47-45(27-37)51(64)31-56(47)21-25-60(33-56)54-58-49(29-39-11-9-23-62(39)54)53(66)50-30-40-12-10-24-63(40)55(59-50)61-26-22-57(34-61)32-52(65)46-28-38(18-20-48(46)57)44-16-8-6-14-42(44)36(3)4/h5-20,23-24,27-30,35-36,51-52,64-65H,21-22,25-26,31-34H2,1-4H3. The first-order chi connectivity index (χ1) is 32.0. The number of hydrogen-bond acceptors (Lipinski definition) is 7. The summed E-state index contributed by atoms with van der Waals surface area (Å²) in [6.07, 6.45) is 6.00. The zero-order valence-corrected chi connectivity index (χ0v) is 38.2. The van der Waals surface area contributed by atoms with Crippen LogP contribution in [0.5, 0.6) is 0 Å². The van der Waals surface area contributed by atoms with Crippen LogP contribution in [-0.4, -0.2) is 60.9 Å². The van der Waals surface area contributed by atoms with Crippen LogP contribution in [0.3, 0.4) is 0 Å². The molecule has 4 unspecified atom stereocenters. The predicted molar refractivity (Wildman–Crippen MR) is 262 cm³/mol. The smallest absolute Gasteiger partial charge is 0.230 e. The highest BCUT2D eigenvalue weighted by atomic mass is 16.3. The van der Waals surface area contributed by atoms with E-state index in [2.05, 4.69) is 131 Å². The Labute approximate surface area is 386 Å². The molecule has 8 aromatic rings. The summed E-state index contributed by atoms with van der Waals surface area (Å²) in [6, 6.07) is 42.4. The minimum absolute atomic E-state index is 0.223. The van der Waals surface area contributed by atoms with Crippen molar-refractivity contribution >= 4 is 28.7 Å². The zero-order valence-electron chi connectivity index (χ0n) is 38.2. The van der Waals surface area contributed by atoms with Gasteiger partial charge in [0.25, 0.3) is 0 Å². The van der Waals surface area contributed by atoms with Crippen LogP contribution < -0.4 is 9.80 Å². The summed E-state index contributed by atoms with van der Waals surface area (Å²) in [5.41, 5.74) is 13.9.